The van der Waals surface area contributed by atoms with Crippen LogP contribution in [0.4, 0.5) is 36.6 Å². The van der Waals surface area contributed by atoms with Crippen LogP contribution in [0.25, 0.3) is 0 Å². The van der Waals surface area contributed by atoms with Gasteiger partial charge in [0, 0.05) is 49.0 Å². The van der Waals surface area contributed by atoms with E-state index in [0.29, 0.717) is 0 Å². The van der Waals surface area contributed by atoms with E-state index in [2.05, 4.69) is 4.98 Å². The second kappa shape index (κ2) is 159. The Hall–Kier alpha value is -2.19. The first-order chi connectivity index (χ1) is 19.0. The number of hydrogen-bond donors (Lipinski definition) is 0. The van der Waals surface area contributed by atoms with Gasteiger partial charge in [-0.3, -0.25) is 4.98 Å². The lowest BCUT2D eigenvalue weighted by molar-refractivity contribution is 0.108. The summed E-state index contributed by atoms with van der Waals surface area (Å²) < 4.78 is 64.0. The fourth-order valence-electron chi connectivity index (χ4n) is 1.76. The Labute approximate surface area is 230 Å². The quantitative estimate of drug-likeness (QED) is 0.286. The zero-order valence-corrected chi connectivity index (χ0v) is 26.1. The largest absolute Gasteiger partial charge is 0.265 e. The normalized spacial score (nSPS) is 7.89. The van der Waals surface area contributed by atoms with Crippen molar-refractivity contribution in [3.8, 4) is 0 Å². The molecule has 1 fully saturated rings. The van der Waals surface area contributed by atoms with Gasteiger partial charge in [0.05, 0.1) is 0 Å². The Balaban J connectivity index is -0.0000000294. The molecule has 1 aromatic heterocycles. The van der Waals surface area contributed by atoms with Crippen molar-refractivity contribution in [3.05, 3.63) is 67.0 Å². The van der Waals surface area contributed by atoms with E-state index in [1.807, 2.05) is 138 Å². The molecular formula is C29H59F8N. The van der Waals surface area contributed by atoms with E-state index >= 15 is 0 Å². The molecule has 2 aromatic rings. The number of halogens is 8. The van der Waals surface area contributed by atoms with Crippen molar-refractivity contribution in [1.29, 1.82) is 0 Å². The molecule has 1 nitrogen and oxygen atoms in total. The minimum atomic E-state index is 1.50. The first-order valence-corrected chi connectivity index (χ1v) is 13.4. The fourth-order valence-corrected chi connectivity index (χ4v) is 1.76. The summed E-state index contributed by atoms with van der Waals surface area (Å²) in [6.45, 7) is 24.0. The molecule has 0 N–H and O–H groups in total. The first kappa shape index (κ1) is 65.1. The highest BCUT2D eigenvalue weighted by molar-refractivity contribution is 4.99. The molecule has 1 aromatic carbocycles. The Bertz CT molecular complexity index is 273. The lowest BCUT2D eigenvalue weighted by atomic mass is 10.0. The molecule has 1 aliphatic carbocycles. The van der Waals surface area contributed by atoms with Gasteiger partial charge in [-0.25, -0.2) is 0 Å². The second-order valence-corrected chi connectivity index (χ2v) is 4.30. The van der Waals surface area contributed by atoms with Crippen LogP contribution in [0.1, 0.15) is 122 Å². The van der Waals surface area contributed by atoms with E-state index in [4.69, 9.17) is 36.6 Å². The van der Waals surface area contributed by atoms with Crippen LogP contribution in [0.5, 0.6) is 0 Å². The van der Waals surface area contributed by atoms with Crippen molar-refractivity contribution in [2.45, 2.75) is 122 Å². The highest BCUT2D eigenvalue weighted by Gasteiger charge is 1.95. The number of hydrogen-bond acceptors (Lipinski definition) is 1. The van der Waals surface area contributed by atoms with Crippen LogP contribution >= 0.6 is 0 Å². The summed E-state index contributed by atoms with van der Waals surface area (Å²) in [5, 5.41) is 0. The minimum Gasteiger partial charge on any atom is -0.265 e. The molecule has 0 radical (unpaired) electrons. The second-order valence-electron chi connectivity index (χ2n) is 4.30. The number of nitrogens with zero attached hydrogens (tertiary/aromatic N) is 1. The van der Waals surface area contributed by atoms with Crippen LogP contribution in [-0.2, 0) is 0 Å². The monoisotopic (exact) mass is 573 g/mol. The lowest BCUT2D eigenvalue weighted by Gasteiger charge is -2.05. The molecule has 9 heteroatoms. The smallest absolute Gasteiger partial charge is 0.0267 e. The van der Waals surface area contributed by atoms with Gasteiger partial charge in [-0.2, -0.15) is 0 Å². The molecule has 0 bridgehead atoms. The van der Waals surface area contributed by atoms with Crippen molar-refractivity contribution in [2.24, 2.45) is 0 Å². The van der Waals surface area contributed by atoms with Crippen LogP contribution in [0.3, 0.4) is 0 Å². The van der Waals surface area contributed by atoms with Gasteiger partial charge in [0.2, 0.25) is 0 Å². The molecule has 1 heterocycles. The third-order valence-electron chi connectivity index (χ3n) is 2.73. The van der Waals surface area contributed by atoms with Crippen LogP contribution in [0, 0.1) is 0 Å². The van der Waals surface area contributed by atoms with Gasteiger partial charge in [-0.1, -0.05) is 164 Å². The number of aromatic nitrogens is 1. The van der Waals surface area contributed by atoms with Crippen LogP contribution in [0.15, 0.2) is 67.0 Å². The molecule has 1 saturated carbocycles. The zero-order valence-electron chi connectivity index (χ0n) is 26.1. The van der Waals surface area contributed by atoms with E-state index in [0.717, 1.165) is 0 Å². The summed E-state index contributed by atoms with van der Waals surface area (Å²) in [6.07, 6.45) is 12.5. The highest BCUT2D eigenvalue weighted by atomic mass is 20.0. The molecule has 38 heavy (non-hydrogen) atoms. The van der Waals surface area contributed by atoms with E-state index in [-0.39, 0.29) is 0 Å². The van der Waals surface area contributed by atoms with Gasteiger partial charge in [0.1, 0.15) is 0 Å². The maximum atomic E-state index is 8.00. The Kier molecular flexibility index (Phi) is 273. The van der Waals surface area contributed by atoms with Crippen LogP contribution in [0.2, 0.25) is 0 Å². The molecule has 0 atom stereocenters. The highest BCUT2D eigenvalue weighted by Crippen LogP contribution is 2.15. The average molecular weight is 574 g/mol. The number of benzene rings is 1. The molecule has 0 unspecified atom stereocenters. The summed E-state index contributed by atoms with van der Waals surface area (Å²) in [4.78, 5) is 3.78. The molecule has 236 valence electrons. The molecule has 3 rings (SSSR count). The Morgan fingerprint density at radius 1 is 0.289 bits per heavy atom. The third kappa shape index (κ3) is 146. The maximum absolute atomic E-state index is 8.00. The van der Waals surface area contributed by atoms with Gasteiger partial charge < -0.3 is 0 Å². The van der Waals surface area contributed by atoms with Crippen LogP contribution in [-0.4, -0.2) is 4.98 Å². The van der Waals surface area contributed by atoms with Gasteiger partial charge in [-0.05, 0) is 12.1 Å². The standard InChI is InChI=1S/C6H12.C6H6.C5H5N.6C2H6.4F2/c3*1-2-4-6-5-3-1;10*1-2/h1-6H2;1-6H;1-5H;6*1-2H3;;;;. The predicted molar refractivity (Wildman–Crippen MR) is 155 cm³/mol. The molecule has 1 aliphatic rings. The van der Waals surface area contributed by atoms with Crippen molar-refractivity contribution < 1.29 is 36.6 Å². The van der Waals surface area contributed by atoms with E-state index < -0.39 is 0 Å². The predicted octanol–water partition coefficient (Wildman–Crippen LogP) is 14.6. The van der Waals surface area contributed by atoms with E-state index in [1.54, 1.807) is 12.4 Å². The molecule has 0 spiro atoms. The molecule has 0 saturated heterocycles. The number of rotatable bonds is 0. The summed E-state index contributed by atoms with van der Waals surface area (Å²) in [7, 11) is 0. The number of pyridine rings is 1. The SMILES string of the molecule is C1CCCCC1.CC.CC.CC.CC.CC.CC.FF.FF.FF.FF.c1ccccc1.c1ccncc1. The van der Waals surface area contributed by atoms with E-state index in [9.17, 15) is 0 Å². The molecular weight excluding hydrogens is 514 g/mol. The summed E-state index contributed by atoms with van der Waals surface area (Å²) in [5.41, 5.74) is 0. The average Bonchev–Trinajstić information content (AvgIpc) is 3.13. The summed E-state index contributed by atoms with van der Waals surface area (Å²) in [6, 6.07) is 17.7. The van der Waals surface area contributed by atoms with Crippen molar-refractivity contribution in [1.82, 2.24) is 4.98 Å². The van der Waals surface area contributed by atoms with E-state index in [1.165, 1.54) is 38.5 Å². The summed E-state index contributed by atoms with van der Waals surface area (Å²) in [5.74, 6) is 0. The van der Waals surface area contributed by atoms with Gasteiger partial charge in [0.15, 0.2) is 0 Å². The van der Waals surface area contributed by atoms with Crippen molar-refractivity contribution in [3.63, 3.8) is 0 Å². The van der Waals surface area contributed by atoms with Crippen molar-refractivity contribution >= 4 is 0 Å². The first-order valence-electron chi connectivity index (χ1n) is 13.4. The third-order valence-corrected chi connectivity index (χ3v) is 2.73. The Morgan fingerprint density at radius 3 is 0.500 bits per heavy atom. The van der Waals surface area contributed by atoms with Gasteiger partial charge in [-0.15, -0.1) is 0 Å². The van der Waals surface area contributed by atoms with Crippen LogP contribution < -0.4 is 0 Å². The van der Waals surface area contributed by atoms with Crippen molar-refractivity contribution in [2.75, 3.05) is 0 Å². The molecule has 0 amide bonds. The lowest BCUT2D eigenvalue weighted by Crippen LogP contribution is -1.85. The zero-order chi connectivity index (χ0) is 32.7. The topological polar surface area (TPSA) is 12.9 Å². The molecule has 0 aliphatic heterocycles. The maximum Gasteiger partial charge on any atom is 0.0267 e. The minimum absolute atomic E-state index is 1.50. The van der Waals surface area contributed by atoms with Gasteiger partial charge in [0.25, 0.3) is 0 Å². The fraction of sp³-hybridized carbons (Fsp3) is 0.621. The van der Waals surface area contributed by atoms with Gasteiger partial charge >= 0.3 is 0 Å². The Morgan fingerprint density at radius 2 is 0.421 bits per heavy atom. The summed E-state index contributed by atoms with van der Waals surface area (Å²) >= 11 is 0.